The van der Waals surface area contributed by atoms with Gasteiger partial charge in [-0.1, -0.05) is 89.4 Å². The van der Waals surface area contributed by atoms with Crippen molar-refractivity contribution in [2.45, 2.75) is 39.8 Å². The zero-order valence-corrected chi connectivity index (χ0v) is 27.3. The second-order valence-corrected chi connectivity index (χ2v) is 13.8. The third-order valence-electron chi connectivity index (χ3n) is 6.45. The standard InChI is InChI=1S/C30H34BrCl2N3O4S/c1-20(2)17-34-30(38)28(16-22-9-6-5-7-10-22)35(18-24-26(32)11-8-12-27(24)33)29(37)19-36(41(4,39)40)23-13-14-25(31)21(3)15-23/h5-15,20,28H,16-19H2,1-4H3,(H,34,38)/t28-/m0/s1. The number of carbonyl (C=O) groups excluding carboxylic acids is 2. The summed E-state index contributed by atoms with van der Waals surface area (Å²) in [4.78, 5) is 29.2. The highest BCUT2D eigenvalue weighted by molar-refractivity contribution is 9.10. The molecule has 0 bridgehead atoms. The normalized spacial score (nSPS) is 12.2. The highest BCUT2D eigenvalue weighted by Crippen LogP contribution is 2.29. The molecule has 3 aromatic rings. The molecule has 3 rings (SSSR count). The molecule has 0 fully saturated rings. The second-order valence-electron chi connectivity index (χ2n) is 10.3. The van der Waals surface area contributed by atoms with Crippen LogP contribution in [0.3, 0.4) is 0 Å². The predicted octanol–water partition coefficient (Wildman–Crippen LogP) is 6.24. The summed E-state index contributed by atoms with van der Waals surface area (Å²) >= 11 is 16.4. The maximum atomic E-state index is 14.2. The number of anilines is 1. The number of halogens is 3. The second kappa shape index (κ2) is 14.5. The summed E-state index contributed by atoms with van der Waals surface area (Å²) in [5.41, 5.74) is 2.44. The van der Waals surface area contributed by atoms with Crippen LogP contribution in [-0.2, 0) is 32.6 Å². The lowest BCUT2D eigenvalue weighted by atomic mass is 10.0. The van der Waals surface area contributed by atoms with E-state index in [1.807, 2.05) is 51.1 Å². The Balaban J connectivity index is 2.10. The molecule has 11 heteroatoms. The molecule has 0 aliphatic carbocycles. The number of benzene rings is 3. The fraction of sp³-hybridized carbons (Fsp3) is 0.333. The predicted molar refractivity (Wildman–Crippen MR) is 170 cm³/mol. The number of hydrogen-bond acceptors (Lipinski definition) is 4. The maximum absolute atomic E-state index is 14.2. The van der Waals surface area contributed by atoms with Gasteiger partial charge in [0.25, 0.3) is 0 Å². The van der Waals surface area contributed by atoms with Gasteiger partial charge in [0.2, 0.25) is 21.8 Å². The molecular weight excluding hydrogens is 649 g/mol. The first-order chi connectivity index (χ1) is 19.3. The molecular formula is C30H34BrCl2N3O4S. The lowest BCUT2D eigenvalue weighted by Gasteiger charge is -2.34. The van der Waals surface area contributed by atoms with Crippen LogP contribution in [0.2, 0.25) is 10.0 Å². The summed E-state index contributed by atoms with van der Waals surface area (Å²) in [6, 6.07) is 18.4. The Hall–Kier alpha value is -2.59. The van der Waals surface area contributed by atoms with Crippen LogP contribution in [0.25, 0.3) is 0 Å². The molecule has 1 N–H and O–H groups in total. The molecule has 0 unspecified atom stereocenters. The molecule has 0 spiro atoms. The molecule has 0 aromatic heterocycles. The lowest BCUT2D eigenvalue weighted by molar-refractivity contribution is -0.140. The van der Waals surface area contributed by atoms with Crippen molar-refractivity contribution >= 4 is 66.7 Å². The summed E-state index contributed by atoms with van der Waals surface area (Å²) in [7, 11) is -3.87. The van der Waals surface area contributed by atoms with Crippen molar-refractivity contribution in [1.29, 1.82) is 0 Å². The zero-order chi connectivity index (χ0) is 30.3. The van der Waals surface area contributed by atoms with Crippen LogP contribution in [0.5, 0.6) is 0 Å². The van der Waals surface area contributed by atoms with E-state index in [0.717, 1.165) is 26.2 Å². The number of nitrogens with one attached hydrogen (secondary N) is 1. The first-order valence-electron chi connectivity index (χ1n) is 13.1. The van der Waals surface area contributed by atoms with Crippen molar-refractivity contribution in [2.75, 3.05) is 23.7 Å². The zero-order valence-electron chi connectivity index (χ0n) is 23.4. The largest absolute Gasteiger partial charge is 0.354 e. The SMILES string of the molecule is Cc1cc(N(CC(=O)N(Cc2c(Cl)cccc2Cl)[C@@H](Cc2ccccc2)C(=O)NCC(C)C)S(C)(=O)=O)ccc1Br. The molecule has 1 atom stereocenters. The van der Waals surface area contributed by atoms with E-state index < -0.39 is 28.5 Å². The lowest BCUT2D eigenvalue weighted by Crippen LogP contribution is -2.53. The minimum absolute atomic E-state index is 0.0963. The van der Waals surface area contributed by atoms with Crippen molar-refractivity contribution in [3.05, 3.63) is 97.9 Å². The molecule has 0 aliphatic rings. The van der Waals surface area contributed by atoms with E-state index in [2.05, 4.69) is 21.2 Å². The summed E-state index contributed by atoms with van der Waals surface area (Å²) in [5, 5.41) is 3.61. The van der Waals surface area contributed by atoms with Crippen LogP contribution in [0.4, 0.5) is 5.69 Å². The molecule has 0 saturated carbocycles. The van der Waals surface area contributed by atoms with E-state index in [-0.39, 0.29) is 24.8 Å². The highest BCUT2D eigenvalue weighted by atomic mass is 79.9. The van der Waals surface area contributed by atoms with Crippen LogP contribution in [0.1, 0.15) is 30.5 Å². The van der Waals surface area contributed by atoms with Gasteiger partial charge < -0.3 is 10.2 Å². The number of carbonyl (C=O) groups is 2. The van der Waals surface area contributed by atoms with Crippen LogP contribution in [0.15, 0.2) is 71.2 Å². The minimum atomic E-state index is -3.87. The fourth-order valence-electron chi connectivity index (χ4n) is 4.23. The minimum Gasteiger partial charge on any atom is -0.354 e. The number of aryl methyl sites for hydroxylation is 1. The average molecular weight is 683 g/mol. The van der Waals surface area contributed by atoms with Crippen LogP contribution in [0, 0.1) is 12.8 Å². The van der Waals surface area contributed by atoms with Crippen molar-refractivity contribution in [2.24, 2.45) is 5.92 Å². The smallest absolute Gasteiger partial charge is 0.244 e. The monoisotopic (exact) mass is 681 g/mol. The topological polar surface area (TPSA) is 86.8 Å². The Kier molecular flexibility index (Phi) is 11.7. The molecule has 0 heterocycles. The Morgan fingerprint density at radius 3 is 2.17 bits per heavy atom. The first kappa shape index (κ1) is 32.9. The number of rotatable bonds is 12. The number of hydrogen-bond donors (Lipinski definition) is 1. The third kappa shape index (κ3) is 9.20. The van der Waals surface area contributed by atoms with Crippen molar-refractivity contribution < 1.29 is 18.0 Å². The molecule has 0 radical (unpaired) electrons. The molecule has 0 aliphatic heterocycles. The van der Waals surface area contributed by atoms with Crippen molar-refractivity contribution in [3.8, 4) is 0 Å². The van der Waals surface area contributed by atoms with E-state index in [0.29, 0.717) is 27.8 Å². The molecule has 2 amide bonds. The Morgan fingerprint density at radius 2 is 1.61 bits per heavy atom. The van der Waals surface area contributed by atoms with Crippen LogP contribution < -0.4 is 9.62 Å². The van der Waals surface area contributed by atoms with E-state index in [1.54, 1.807) is 36.4 Å². The molecule has 0 saturated heterocycles. The van der Waals surface area contributed by atoms with Crippen LogP contribution in [-0.4, -0.2) is 50.5 Å². The van der Waals surface area contributed by atoms with Crippen molar-refractivity contribution in [3.63, 3.8) is 0 Å². The van der Waals surface area contributed by atoms with E-state index in [1.165, 1.54) is 4.90 Å². The third-order valence-corrected chi connectivity index (χ3v) is 9.19. The van der Waals surface area contributed by atoms with Gasteiger partial charge in [0.15, 0.2) is 0 Å². The summed E-state index contributed by atoms with van der Waals surface area (Å²) in [6.45, 7) is 5.57. The number of nitrogens with zero attached hydrogens (tertiary/aromatic N) is 2. The summed E-state index contributed by atoms with van der Waals surface area (Å²) < 4.78 is 27.7. The highest BCUT2D eigenvalue weighted by Gasteiger charge is 2.34. The average Bonchev–Trinajstić information content (AvgIpc) is 2.90. The van der Waals surface area contributed by atoms with Gasteiger partial charge in [-0.15, -0.1) is 0 Å². The number of amides is 2. The van der Waals surface area contributed by atoms with Gasteiger partial charge in [0, 0.05) is 39.6 Å². The summed E-state index contributed by atoms with van der Waals surface area (Å²) in [6.07, 6.45) is 1.25. The van der Waals surface area contributed by atoms with Gasteiger partial charge in [-0.05, 0) is 54.3 Å². The number of sulfonamides is 1. The van der Waals surface area contributed by atoms with E-state index >= 15 is 0 Å². The molecule has 7 nitrogen and oxygen atoms in total. The molecule has 220 valence electrons. The Morgan fingerprint density at radius 1 is 0.976 bits per heavy atom. The quantitative estimate of drug-likeness (QED) is 0.245. The van der Waals surface area contributed by atoms with Gasteiger partial charge in [-0.2, -0.15) is 0 Å². The molecule has 3 aromatic carbocycles. The maximum Gasteiger partial charge on any atom is 0.244 e. The first-order valence-corrected chi connectivity index (χ1v) is 16.5. The molecule has 41 heavy (non-hydrogen) atoms. The van der Waals surface area contributed by atoms with Gasteiger partial charge in [-0.3, -0.25) is 13.9 Å². The Labute approximate surface area is 261 Å². The van der Waals surface area contributed by atoms with Gasteiger partial charge >= 0.3 is 0 Å². The van der Waals surface area contributed by atoms with Gasteiger partial charge in [0.1, 0.15) is 12.6 Å². The summed E-state index contributed by atoms with van der Waals surface area (Å²) in [5.74, 6) is -0.753. The Bertz CT molecular complexity index is 1470. The van der Waals surface area contributed by atoms with Crippen molar-refractivity contribution in [1.82, 2.24) is 10.2 Å². The van der Waals surface area contributed by atoms with E-state index in [4.69, 9.17) is 23.2 Å². The van der Waals surface area contributed by atoms with Gasteiger partial charge in [0.05, 0.1) is 11.9 Å². The van der Waals surface area contributed by atoms with E-state index in [9.17, 15) is 18.0 Å². The van der Waals surface area contributed by atoms with Crippen LogP contribution >= 0.6 is 39.1 Å². The fourth-order valence-corrected chi connectivity index (χ4v) is 5.83. The van der Waals surface area contributed by atoms with Gasteiger partial charge in [-0.25, -0.2) is 8.42 Å².